The van der Waals surface area contributed by atoms with Gasteiger partial charge in [0.15, 0.2) is 0 Å². The van der Waals surface area contributed by atoms with Crippen molar-refractivity contribution in [3.05, 3.63) is 42.0 Å². The molecule has 3 rings (SSSR count). The SMILES string of the molecule is Cl.O=C1Nc2ccccc2[C@]12C=CCN(F)C2. The van der Waals surface area contributed by atoms with Crippen LogP contribution in [0.4, 0.5) is 10.2 Å². The van der Waals surface area contributed by atoms with E-state index >= 15 is 0 Å². The highest BCUT2D eigenvalue weighted by molar-refractivity contribution is 6.08. The Balaban J connectivity index is 0.00000108. The number of hydrogen-bond donors (Lipinski definition) is 1. The van der Waals surface area contributed by atoms with Gasteiger partial charge in [-0.2, -0.15) is 0 Å². The molecule has 1 spiro atoms. The molecule has 2 aliphatic heterocycles. The molecule has 1 atom stereocenters. The van der Waals surface area contributed by atoms with Crippen molar-refractivity contribution in [1.29, 1.82) is 0 Å². The molecule has 90 valence electrons. The Morgan fingerprint density at radius 1 is 1.35 bits per heavy atom. The van der Waals surface area contributed by atoms with Crippen LogP contribution in [0.1, 0.15) is 5.56 Å². The maximum Gasteiger partial charge on any atom is 0.240 e. The molecule has 0 unspecified atom stereocenters. The molecule has 17 heavy (non-hydrogen) atoms. The summed E-state index contributed by atoms with van der Waals surface area (Å²) < 4.78 is 13.3. The Labute approximate surface area is 105 Å². The Hall–Kier alpha value is -1.39. The zero-order valence-corrected chi connectivity index (χ0v) is 9.84. The molecule has 0 saturated heterocycles. The maximum atomic E-state index is 13.3. The first-order valence-corrected chi connectivity index (χ1v) is 5.22. The van der Waals surface area contributed by atoms with Gasteiger partial charge in [0.05, 0.1) is 6.54 Å². The molecule has 0 aromatic heterocycles. The highest BCUT2D eigenvalue weighted by Gasteiger charge is 2.47. The number of carbonyl (C=O) groups is 1. The molecule has 1 aromatic rings. The Bertz CT molecular complexity index is 491. The van der Waals surface area contributed by atoms with Crippen molar-refractivity contribution in [2.24, 2.45) is 0 Å². The standard InChI is InChI=1S/C12H11FN2O.ClH/c13-15-7-3-6-12(8-15)9-4-1-2-5-10(9)14-11(12)16;/h1-6H,7-8H2,(H,14,16);1H/t12-;/m1./s1. The van der Waals surface area contributed by atoms with E-state index in [0.29, 0.717) is 5.12 Å². The summed E-state index contributed by atoms with van der Waals surface area (Å²) in [6.07, 6.45) is 3.51. The highest BCUT2D eigenvalue weighted by atomic mass is 35.5. The van der Waals surface area contributed by atoms with Crippen LogP contribution in [0.2, 0.25) is 0 Å². The summed E-state index contributed by atoms with van der Waals surface area (Å²) in [5.41, 5.74) is 0.801. The van der Waals surface area contributed by atoms with Crippen molar-refractivity contribution in [3.63, 3.8) is 0 Å². The van der Waals surface area contributed by atoms with Crippen molar-refractivity contribution >= 4 is 24.0 Å². The maximum absolute atomic E-state index is 13.3. The van der Waals surface area contributed by atoms with E-state index in [0.717, 1.165) is 11.3 Å². The summed E-state index contributed by atoms with van der Waals surface area (Å²) >= 11 is 0. The molecule has 0 fully saturated rings. The number of rotatable bonds is 0. The van der Waals surface area contributed by atoms with Gasteiger partial charge in [0.2, 0.25) is 5.91 Å². The zero-order valence-electron chi connectivity index (χ0n) is 9.02. The van der Waals surface area contributed by atoms with Gasteiger partial charge in [0, 0.05) is 12.2 Å². The van der Waals surface area contributed by atoms with E-state index in [1.165, 1.54) is 0 Å². The predicted octanol–water partition coefficient (Wildman–Crippen LogP) is 2.05. The fourth-order valence-corrected chi connectivity index (χ4v) is 2.42. The number of halogens is 2. The van der Waals surface area contributed by atoms with Crippen molar-refractivity contribution in [3.8, 4) is 0 Å². The normalized spacial score (nSPS) is 26.5. The van der Waals surface area contributed by atoms with Crippen LogP contribution >= 0.6 is 12.4 Å². The largest absolute Gasteiger partial charge is 0.325 e. The van der Waals surface area contributed by atoms with Crippen LogP contribution in [0.15, 0.2) is 36.4 Å². The predicted molar refractivity (Wildman–Crippen MR) is 65.8 cm³/mol. The van der Waals surface area contributed by atoms with E-state index in [1.807, 2.05) is 30.3 Å². The zero-order chi connectivity index (χ0) is 11.2. The van der Waals surface area contributed by atoms with Crippen LogP contribution in [0.5, 0.6) is 0 Å². The van der Waals surface area contributed by atoms with Crippen LogP contribution in [-0.4, -0.2) is 24.1 Å². The number of hydrogen-bond acceptors (Lipinski definition) is 2. The van der Waals surface area contributed by atoms with Crippen LogP contribution in [0.3, 0.4) is 0 Å². The second kappa shape index (κ2) is 4.13. The van der Waals surface area contributed by atoms with Crippen LogP contribution in [-0.2, 0) is 10.2 Å². The van der Waals surface area contributed by atoms with Gasteiger partial charge in [-0.25, -0.2) is 0 Å². The highest BCUT2D eigenvalue weighted by Crippen LogP contribution is 2.40. The number of carbonyl (C=O) groups excluding carboxylic acids is 1. The lowest BCUT2D eigenvalue weighted by Crippen LogP contribution is -2.44. The van der Waals surface area contributed by atoms with E-state index in [2.05, 4.69) is 5.32 Å². The van der Waals surface area contributed by atoms with Crippen LogP contribution in [0.25, 0.3) is 0 Å². The lowest BCUT2D eigenvalue weighted by Gasteiger charge is -2.29. The first-order valence-electron chi connectivity index (χ1n) is 5.22. The summed E-state index contributed by atoms with van der Waals surface area (Å²) in [6.45, 7) is 0.337. The van der Waals surface area contributed by atoms with Gasteiger partial charge in [-0.15, -0.1) is 22.0 Å². The minimum absolute atomic E-state index is 0. The Morgan fingerprint density at radius 2 is 2.12 bits per heavy atom. The van der Waals surface area contributed by atoms with Gasteiger partial charge in [0.25, 0.3) is 0 Å². The number of nitrogens with one attached hydrogen (secondary N) is 1. The number of nitrogens with zero attached hydrogens (tertiary/aromatic N) is 1. The van der Waals surface area contributed by atoms with Crippen molar-refractivity contribution in [2.45, 2.75) is 5.41 Å². The smallest absolute Gasteiger partial charge is 0.240 e. The molecule has 0 radical (unpaired) electrons. The fraction of sp³-hybridized carbons (Fsp3) is 0.250. The van der Waals surface area contributed by atoms with Crippen LogP contribution < -0.4 is 5.32 Å². The summed E-state index contributed by atoms with van der Waals surface area (Å²) in [5, 5.41) is 3.46. The molecule has 1 N–H and O–H groups in total. The van der Waals surface area contributed by atoms with E-state index in [4.69, 9.17) is 0 Å². The molecule has 0 aliphatic carbocycles. The van der Waals surface area contributed by atoms with Gasteiger partial charge in [-0.3, -0.25) is 4.79 Å². The minimum atomic E-state index is -0.844. The molecule has 1 amide bonds. The number of anilines is 1. The summed E-state index contributed by atoms with van der Waals surface area (Å²) in [7, 11) is 0. The summed E-state index contributed by atoms with van der Waals surface area (Å²) in [6, 6.07) is 7.44. The Kier molecular flexibility index (Phi) is 2.93. The molecule has 1 aromatic carbocycles. The average molecular weight is 255 g/mol. The summed E-state index contributed by atoms with van der Waals surface area (Å²) in [5.74, 6) is -0.146. The number of amides is 1. The molecular weight excluding hydrogens is 243 g/mol. The fourth-order valence-electron chi connectivity index (χ4n) is 2.42. The first-order chi connectivity index (χ1) is 7.72. The Morgan fingerprint density at radius 3 is 2.88 bits per heavy atom. The quantitative estimate of drug-likeness (QED) is 0.568. The van der Waals surface area contributed by atoms with Gasteiger partial charge >= 0.3 is 0 Å². The lowest BCUT2D eigenvalue weighted by atomic mass is 9.80. The first kappa shape index (κ1) is 12.1. The lowest BCUT2D eigenvalue weighted by molar-refractivity contribution is -0.122. The average Bonchev–Trinajstić information content (AvgIpc) is 2.53. The van der Waals surface area contributed by atoms with Gasteiger partial charge < -0.3 is 5.32 Å². The van der Waals surface area contributed by atoms with Crippen molar-refractivity contribution in [1.82, 2.24) is 5.12 Å². The van der Waals surface area contributed by atoms with E-state index < -0.39 is 5.41 Å². The molecule has 3 nitrogen and oxygen atoms in total. The third-order valence-electron chi connectivity index (χ3n) is 3.19. The van der Waals surface area contributed by atoms with Crippen molar-refractivity contribution < 1.29 is 9.28 Å². The van der Waals surface area contributed by atoms with E-state index in [-0.39, 0.29) is 31.4 Å². The molecule has 2 heterocycles. The third-order valence-corrected chi connectivity index (χ3v) is 3.19. The minimum Gasteiger partial charge on any atom is -0.325 e. The van der Waals surface area contributed by atoms with Gasteiger partial charge in [0.1, 0.15) is 5.41 Å². The summed E-state index contributed by atoms with van der Waals surface area (Å²) in [4.78, 5) is 12.0. The van der Waals surface area contributed by atoms with Crippen LogP contribution in [0, 0.1) is 0 Å². The monoisotopic (exact) mass is 254 g/mol. The third kappa shape index (κ3) is 1.64. The molecule has 2 aliphatic rings. The molecule has 0 saturated carbocycles. The number of para-hydroxylation sites is 1. The van der Waals surface area contributed by atoms with Gasteiger partial charge in [-0.1, -0.05) is 30.4 Å². The molecule has 5 heteroatoms. The second-order valence-electron chi connectivity index (χ2n) is 4.18. The van der Waals surface area contributed by atoms with E-state index in [1.54, 1.807) is 6.08 Å². The number of fused-ring (bicyclic) bond motifs is 2. The molecule has 0 bridgehead atoms. The number of benzene rings is 1. The topological polar surface area (TPSA) is 32.3 Å². The second-order valence-corrected chi connectivity index (χ2v) is 4.18. The van der Waals surface area contributed by atoms with Gasteiger partial charge in [-0.05, 0) is 11.6 Å². The van der Waals surface area contributed by atoms with Crippen molar-refractivity contribution in [2.75, 3.05) is 18.4 Å². The van der Waals surface area contributed by atoms with E-state index in [9.17, 15) is 9.28 Å². The molecular formula is C12H12ClFN2O.